The van der Waals surface area contributed by atoms with Crippen LogP contribution >= 0.6 is 11.6 Å². The van der Waals surface area contributed by atoms with Crippen LogP contribution in [0.5, 0.6) is 5.75 Å². The Morgan fingerprint density at radius 3 is 2.44 bits per heavy atom. The molecule has 0 aliphatic heterocycles. The van der Waals surface area contributed by atoms with Crippen molar-refractivity contribution in [1.29, 1.82) is 0 Å². The van der Waals surface area contributed by atoms with Gasteiger partial charge in [-0.05, 0) is 33.3 Å². The minimum Gasteiger partial charge on any atom is -0.488 e. The molecule has 0 fully saturated rings. The van der Waals surface area contributed by atoms with Crippen LogP contribution < -0.4 is 15.6 Å². The molecule has 0 aliphatic rings. The van der Waals surface area contributed by atoms with Crippen molar-refractivity contribution in [3.63, 3.8) is 0 Å². The Morgan fingerprint density at radius 2 is 1.81 bits per heavy atom. The van der Waals surface area contributed by atoms with Crippen molar-refractivity contribution in [2.75, 3.05) is 0 Å². The van der Waals surface area contributed by atoms with Gasteiger partial charge in [0.1, 0.15) is 28.7 Å². The number of hydrogen-bond acceptors (Lipinski definition) is 5. The fourth-order valence-corrected chi connectivity index (χ4v) is 2.43. The maximum absolute atomic E-state index is 12.5. The number of halogens is 1. The van der Waals surface area contributed by atoms with E-state index in [4.69, 9.17) is 21.1 Å². The average Bonchev–Trinajstić information content (AvgIpc) is 2.57. The number of ether oxygens (including phenoxy) is 2. The van der Waals surface area contributed by atoms with Crippen LogP contribution in [0.4, 0.5) is 4.79 Å². The number of aromatic nitrogens is 1. The molecule has 144 valence electrons. The van der Waals surface area contributed by atoms with E-state index in [0.717, 1.165) is 5.56 Å². The number of amides is 2. The van der Waals surface area contributed by atoms with Crippen molar-refractivity contribution >= 4 is 23.6 Å². The molecule has 27 heavy (non-hydrogen) atoms. The summed E-state index contributed by atoms with van der Waals surface area (Å²) in [6.07, 6.45) is -0.776. The van der Waals surface area contributed by atoms with Gasteiger partial charge in [0.15, 0.2) is 0 Å². The van der Waals surface area contributed by atoms with Gasteiger partial charge >= 0.3 is 6.09 Å². The van der Waals surface area contributed by atoms with Crippen molar-refractivity contribution in [2.45, 2.75) is 39.9 Å². The van der Waals surface area contributed by atoms with Crippen LogP contribution in [0.3, 0.4) is 0 Å². The van der Waals surface area contributed by atoms with Crippen molar-refractivity contribution in [1.82, 2.24) is 15.8 Å². The Kier molecular flexibility index (Phi) is 6.63. The zero-order chi connectivity index (χ0) is 20.0. The van der Waals surface area contributed by atoms with E-state index in [1.165, 1.54) is 6.07 Å². The summed E-state index contributed by atoms with van der Waals surface area (Å²) in [6, 6.07) is 10.9. The SMILES string of the molecule is Cc1nc(Cl)cc(OCc2ccccc2)c1C(=O)NNC(=O)OC(C)(C)C. The minimum absolute atomic E-state index is 0.173. The molecule has 1 aromatic heterocycles. The topological polar surface area (TPSA) is 89.5 Å². The second-order valence-corrected chi connectivity index (χ2v) is 7.15. The molecule has 1 heterocycles. The Labute approximate surface area is 163 Å². The number of carbonyl (C=O) groups excluding carboxylic acids is 2. The summed E-state index contributed by atoms with van der Waals surface area (Å²) in [5.41, 5.74) is 5.29. The Hall–Kier alpha value is -2.80. The van der Waals surface area contributed by atoms with Crippen LogP contribution in [-0.4, -0.2) is 22.6 Å². The van der Waals surface area contributed by atoms with Crippen LogP contribution in [0.25, 0.3) is 0 Å². The van der Waals surface area contributed by atoms with Crippen molar-refractivity contribution < 1.29 is 19.1 Å². The van der Waals surface area contributed by atoms with Crippen molar-refractivity contribution in [2.24, 2.45) is 0 Å². The molecular weight excluding hydrogens is 370 g/mol. The van der Waals surface area contributed by atoms with Gasteiger partial charge in [-0.2, -0.15) is 0 Å². The molecule has 0 saturated heterocycles. The van der Waals surface area contributed by atoms with E-state index in [0.29, 0.717) is 5.69 Å². The maximum atomic E-state index is 12.5. The Morgan fingerprint density at radius 1 is 1.15 bits per heavy atom. The third kappa shape index (κ3) is 6.45. The van der Waals surface area contributed by atoms with E-state index in [1.807, 2.05) is 30.3 Å². The van der Waals surface area contributed by atoms with E-state index in [-0.39, 0.29) is 23.1 Å². The van der Waals surface area contributed by atoms with Gasteiger partial charge in [0.2, 0.25) is 0 Å². The summed E-state index contributed by atoms with van der Waals surface area (Å²) >= 11 is 6.00. The number of pyridine rings is 1. The number of hydrogen-bond donors (Lipinski definition) is 2. The fraction of sp³-hybridized carbons (Fsp3) is 0.316. The summed E-state index contributed by atoms with van der Waals surface area (Å²) in [7, 11) is 0. The lowest BCUT2D eigenvalue weighted by molar-refractivity contribution is 0.0482. The standard InChI is InChI=1S/C19H22ClN3O4/c1-12-16(17(24)22-23-18(25)27-19(2,3)4)14(10-15(20)21-12)26-11-13-8-6-5-7-9-13/h5-10H,11H2,1-4H3,(H,22,24)(H,23,25). The van der Waals surface area contributed by atoms with E-state index in [9.17, 15) is 9.59 Å². The van der Waals surface area contributed by atoms with Crippen LogP contribution in [-0.2, 0) is 11.3 Å². The summed E-state index contributed by atoms with van der Waals surface area (Å²) in [6.45, 7) is 7.04. The Bertz CT molecular complexity index is 820. The van der Waals surface area contributed by atoms with Gasteiger partial charge in [-0.15, -0.1) is 0 Å². The summed E-state index contributed by atoms with van der Waals surface area (Å²) in [5.74, 6) is -0.328. The first-order valence-corrected chi connectivity index (χ1v) is 8.67. The second kappa shape index (κ2) is 8.73. The number of benzene rings is 1. The highest BCUT2D eigenvalue weighted by Crippen LogP contribution is 2.25. The van der Waals surface area contributed by atoms with Gasteiger partial charge < -0.3 is 9.47 Å². The zero-order valence-corrected chi connectivity index (χ0v) is 16.4. The first-order valence-electron chi connectivity index (χ1n) is 8.29. The molecule has 2 aromatic rings. The minimum atomic E-state index is -0.776. The van der Waals surface area contributed by atoms with Gasteiger partial charge in [0.05, 0.1) is 5.69 Å². The number of nitrogens with zero attached hydrogens (tertiary/aromatic N) is 1. The van der Waals surface area contributed by atoms with Gasteiger partial charge in [-0.1, -0.05) is 41.9 Å². The van der Waals surface area contributed by atoms with E-state index in [2.05, 4.69) is 15.8 Å². The molecule has 2 N–H and O–H groups in total. The first kappa shape index (κ1) is 20.5. The van der Waals surface area contributed by atoms with Crippen LogP contribution in [0, 0.1) is 6.92 Å². The number of rotatable bonds is 4. The molecule has 8 heteroatoms. The first-order chi connectivity index (χ1) is 12.7. The summed E-state index contributed by atoms with van der Waals surface area (Å²) < 4.78 is 10.8. The van der Waals surface area contributed by atoms with Crippen LogP contribution in [0.1, 0.15) is 42.4 Å². The van der Waals surface area contributed by atoms with Crippen LogP contribution in [0.15, 0.2) is 36.4 Å². The monoisotopic (exact) mass is 391 g/mol. The molecular formula is C19H22ClN3O4. The molecule has 2 rings (SSSR count). The van der Waals surface area contributed by atoms with Gasteiger partial charge in [-0.3, -0.25) is 10.2 Å². The van der Waals surface area contributed by atoms with E-state index >= 15 is 0 Å². The number of carbonyl (C=O) groups is 2. The molecule has 1 aromatic carbocycles. The highest BCUT2D eigenvalue weighted by molar-refractivity contribution is 6.29. The molecule has 0 saturated carbocycles. The molecule has 0 radical (unpaired) electrons. The fourth-order valence-electron chi connectivity index (χ4n) is 2.21. The van der Waals surface area contributed by atoms with Crippen molar-refractivity contribution in [3.05, 3.63) is 58.4 Å². The zero-order valence-electron chi connectivity index (χ0n) is 15.6. The molecule has 0 bridgehead atoms. The lowest BCUT2D eigenvalue weighted by Gasteiger charge is -2.20. The molecule has 0 aliphatic carbocycles. The normalized spacial score (nSPS) is 10.9. The van der Waals surface area contributed by atoms with Crippen molar-refractivity contribution in [3.8, 4) is 5.75 Å². The quantitative estimate of drug-likeness (QED) is 0.611. The molecule has 7 nitrogen and oxygen atoms in total. The van der Waals surface area contributed by atoms with E-state index < -0.39 is 17.6 Å². The molecule has 0 spiro atoms. The van der Waals surface area contributed by atoms with Gasteiger partial charge in [0.25, 0.3) is 5.91 Å². The van der Waals surface area contributed by atoms with E-state index in [1.54, 1.807) is 27.7 Å². The predicted octanol–water partition coefficient (Wildman–Crippen LogP) is 3.79. The molecule has 0 unspecified atom stereocenters. The number of hydrazine groups is 1. The third-order valence-corrected chi connectivity index (χ3v) is 3.47. The largest absolute Gasteiger partial charge is 0.488 e. The highest BCUT2D eigenvalue weighted by atomic mass is 35.5. The van der Waals surface area contributed by atoms with Gasteiger partial charge in [-0.25, -0.2) is 15.2 Å². The smallest absolute Gasteiger partial charge is 0.426 e. The Balaban J connectivity index is 2.12. The molecule has 2 amide bonds. The average molecular weight is 392 g/mol. The van der Waals surface area contributed by atoms with Gasteiger partial charge in [0, 0.05) is 6.07 Å². The maximum Gasteiger partial charge on any atom is 0.426 e. The second-order valence-electron chi connectivity index (χ2n) is 6.76. The predicted molar refractivity (Wildman–Crippen MR) is 102 cm³/mol. The summed E-state index contributed by atoms with van der Waals surface area (Å²) in [4.78, 5) is 28.3. The summed E-state index contributed by atoms with van der Waals surface area (Å²) in [5, 5.41) is 0.201. The third-order valence-electron chi connectivity index (χ3n) is 3.27. The lowest BCUT2D eigenvalue weighted by Crippen LogP contribution is -2.44. The molecule has 0 atom stereocenters. The number of aryl methyl sites for hydroxylation is 1. The van der Waals surface area contributed by atoms with Crippen LogP contribution in [0.2, 0.25) is 5.15 Å². The lowest BCUT2D eigenvalue weighted by atomic mass is 10.1. The highest BCUT2D eigenvalue weighted by Gasteiger charge is 2.21. The number of nitrogens with one attached hydrogen (secondary N) is 2.